The van der Waals surface area contributed by atoms with Crippen molar-refractivity contribution < 1.29 is 4.79 Å². The number of rotatable bonds is 5. The van der Waals surface area contributed by atoms with E-state index in [9.17, 15) is 4.79 Å². The first-order valence-corrected chi connectivity index (χ1v) is 8.20. The molecule has 3 heteroatoms. The van der Waals surface area contributed by atoms with Crippen LogP contribution in [0.25, 0.3) is 0 Å². The summed E-state index contributed by atoms with van der Waals surface area (Å²) in [6, 6.07) is 16.3. The number of urea groups is 1. The van der Waals surface area contributed by atoms with Crippen molar-refractivity contribution in [2.45, 2.75) is 46.7 Å². The number of anilines is 1. The lowest BCUT2D eigenvalue weighted by Crippen LogP contribution is -2.40. The first-order valence-electron chi connectivity index (χ1n) is 8.20. The summed E-state index contributed by atoms with van der Waals surface area (Å²) < 4.78 is 0. The largest absolute Gasteiger partial charge is 0.322 e. The zero-order valence-electron chi connectivity index (χ0n) is 14.5. The molecule has 0 aliphatic rings. The molecule has 2 amide bonds. The molecule has 0 aliphatic heterocycles. The smallest absolute Gasteiger partial charge is 0.318 e. The molecule has 2 aromatic rings. The third kappa shape index (κ3) is 4.59. The van der Waals surface area contributed by atoms with E-state index in [4.69, 9.17) is 0 Å². The Morgan fingerprint density at radius 3 is 2.43 bits per heavy atom. The fourth-order valence-corrected chi connectivity index (χ4v) is 2.57. The van der Waals surface area contributed by atoms with E-state index < -0.39 is 0 Å². The molecule has 0 heterocycles. The Kier molecular flexibility index (Phi) is 5.80. The van der Waals surface area contributed by atoms with E-state index in [0.29, 0.717) is 6.54 Å². The third-order valence-electron chi connectivity index (χ3n) is 4.20. The van der Waals surface area contributed by atoms with Gasteiger partial charge in [-0.25, -0.2) is 4.79 Å². The lowest BCUT2D eigenvalue weighted by molar-refractivity contribution is 0.187. The molecule has 23 heavy (non-hydrogen) atoms. The Bertz CT molecular complexity index is 652. The Balaban J connectivity index is 2.16. The van der Waals surface area contributed by atoms with Gasteiger partial charge in [0.25, 0.3) is 0 Å². The van der Waals surface area contributed by atoms with Crippen molar-refractivity contribution in [2.75, 3.05) is 5.32 Å². The lowest BCUT2D eigenvalue weighted by atomic mass is 10.1. The van der Waals surface area contributed by atoms with E-state index in [1.165, 1.54) is 5.56 Å². The van der Waals surface area contributed by atoms with Crippen LogP contribution in [0.2, 0.25) is 0 Å². The molecule has 2 aromatic carbocycles. The zero-order chi connectivity index (χ0) is 16.8. The second kappa shape index (κ2) is 7.82. The summed E-state index contributed by atoms with van der Waals surface area (Å²) in [5, 5.41) is 3.06. The molecule has 1 N–H and O–H groups in total. The molecule has 0 aliphatic carbocycles. The minimum atomic E-state index is -0.0462. The maximum atomic E-state index is 12.8. The van der Waals surface area contributed by atoms with Crippen LogP contribution in [0.4, 0.5) is 10.5 Å². The van der Waals surface area contributed by atoms with Gasteiger partial charge in [-0.3, -0.25) is 0 Å². The average Bonchev–Trinajstić information content (AvgIpc) is 2.55. The minimum Gasteiger partial charge on any atom is -0.318 e. The van der Waals surface area contributed by atoms with Gasteiger partial charge < -0.3 is 10.2 Å². The van der Waals surface area contributed by atoms with Gasteiger partial charge in [0.2, 0.25) is 0 Å². The molecule has 122 valence electrons. The number of carbonyl (C=O) groups excluding carboxylic acids is 1. The second-order valence-corrected chi connectivity index (χ2v) is 6.12. The molecule has 0 saturated heterocycles. The normalized spacial score (nSPS) is 11.8. The molecule has 0 fully saturated rings. The zero-order valence-corrected chi connectivity index (χ0v) is 14.5. The summed E-state index contributed by atoms with van der Waals surface area (Å²) in [7, 11) is 0. The highest BCUT2D eigenvalue weighted by Crippen LogP contribution is 2.18. The van der Waals surface area contributed by atoms with Gasteiger partial charge in [0.1, 0.15) is 0 Å². The van der Waals surface area contributed by atoms with Crippen LogP contribution >= 0.6 is 0 Å². The SMILES string of the molecule is CCC(C)N(Cc1ccccc1)C(=O)Nc1ccc(C)cc1C. The molecule has 0 saturated carbocycles. The Hall–Kier alpha value is -2.29. The van der Waals surface area contributed by atoms with E-state index >= 15 is 0 Å². The highest BCUT2D eigenvalue weighted by molar-refractivity contribution is 5.90. The topological polar surface area (TPSA) is 32.3 Å². The predicted octanol–water partition coefficient (Wildman–Crippen LogP) is 5.14. The summed E-state index contributed by atoms with van der Waals surface area (Å²) in [5.74, 6) is 0. The molecule has 1 unspecified atom stereocenters. The van der Waals surface area contributed by atoms with Crippen molar-refractivity contribution >= 4 is 11.7 Å². The summed E-state index contributed by atoms with van der Waals surface area (Å²) >= 11 is 0. The Morgan fingerprint density at radius 2 is 1.83 bits per heavy atom. The van der Waals surface area contributed by atoms with Crippen LogP contribution in [0.1, 0.15) is 37.0 Å². The highest BCUT2D eigenvalue weighted by Gasteiger charge is 2.19. The Morgan fingerprint density at radius 1 is 1.13 bits per heavy atom. The van der Waals surface area contributed by atoms with Crippen molar-refractivity contribution in [1.29, 1.82) is 0 Å². The van der Waals surface area contributed by atoms with Gasteiger partial charge in [-0.15, -0.1) is 0 Å². The van der Waals surface area contributed by atoms with Crippen molar-refractivity contribution in [3.63, 3.8) is 0 Å². The van der Waals surface area contributed by atoms with Crippen molar-refractivity contribution in [3.8, 4) is 0 Å². The van der Waals surface area contributed by atoms with Crippen LogP contribution in [0, 0.1) is 13.8 Å². The van der Waals surface area contributed by atoms with Crippen LogP contribution in [0.3, 0.4) is 0 Å². The minimum absolute atomic E-state index is 0.0462. The molecular weight excluding hydrogens is 284 g/mol. The van der Waals surface area contributed by atoms with Crippen LogP contribution in [0.5, 0.6) is 0 Å². The molecule has 2 rings (SSSR count). The quantitative estimate of drug-likeness (QED) is 0.815. The average molecular weight is 310 g/mol. The summed E-state index contributed by atoms with van der Waals surface area (Å²) in [4.78, 5) is 14.7. The monoisotopic (exact) mass is 310 g/mol. The van der Waals surface area contributed by atoms with E-state index in [1.807, 2.05) is 42.2 Å². The first kappa shape index (κ1) is 17.1. The lowest BCUT2D eigenvalue weighted by Gasteiger charge is -2.29. The van der Waals surface area contributed by atoms with Crippen LogP contribution < -0.4 is 5.32 Å². The van der Waals surface area contributed by atoms with Gasteiger partial charge in [-0.05, 0) is 44.4 Å². The standard InChI is InChI=1S/C20H26N2O/c1-5-17(4)22(14-18-9-7-6-8-10-18)20(23)21-19-12-11-15(2)13-16(19)3/h6-13,17H,5,14H2,1-4H3,(H,21,23). The van der Waals surface area contributed by atoms with Crippen LogP contribution in [-0.2, 0) is 6.54 Å². The number of carbonyl (C=O) groups is 1. The maximum Gasteiger partial charge on any atom is 0.322 e. The molecule has 3 nitrogen and oxygen atoms in total. The number of amides is 2. The van der Waals surface area contributed by atoms with Crippen molar-refractivity contribution in [2.24, 2.45) is 0 Å². The fraction of sp³-hybridized carbons (Fsp3) is 0.350. The second-order valence-electron chi connectivity index (χ2n) is 6.12. The van der Waals surface area contributed by atoms with Gasteiger partial charge in [-0.2, -0.15) is 0 Å². The molecular formula is C20H26N2O. The summed E-state index contributed by atoms with van der Waals surface area (Å²) in [6.07, 6.45) is 0.924. The number of hydrogen-bond acceptors (Lipinski definition) is 1. The first-order chi connectivity index (χ1) is 11.0. The fourth-order valence-electron chi connectivity index (χ4n) is 2.57. The van der Waals surface area contributed by atoms with E-state index in [-0.39, 0.29) is 12.1 Å². The summed E-state index contributed by atoms with van der Waals surface area (Å²) in [5.41, 5.74) is 4.30. The molecule has 0 spiro atoms. The van der Waals surface area contributed by atoms with Gasteiger partial charge in [0, 0.05) is 18.3 Å². The van der Waals surface area contributed by atoms with Crippen LogP contribution in [-0.4, -0.2) is 17.0 Å². The van der Waals surface area contributed by atoms with E-state index in [1.54, 1.807) is 0 Å². The van der Waals surface area contributed by atoms with Gasteiger partial charge in [0.15, 0.2) is 0 Å². The number of hydrogen-bond donors (Lipinski definition) is 1. The third-order valence-corrected chi connectivity index (χ3v) is 4.20. The molecule has 1 atom stereocenters. The van der Waals surface area contributed by atoms with Gasteiger partial charge in [-0.1, -0.05) is 55.0 Å². The van der Waals surface area contributed by atoms with Crippen molar-refractivity contribution in [1.82, 2.24) is 4.90 Å². The Labute approximate surface area is 139 Å². The summed E-state index contributed by atoms with van der Waals surface area (Å²) in [6.45, 7) is 8.89. The van der Waals surface area contributed by atoms with E-state index in [2.05, 4.69) is 44.3 Å². The maximum absolute atomic E-state index is 12.8. The number of benzene rings is 2. The predicted molar refractivity (Wildman–Crippen MR) is 96.7 cm³/mol. The number of nitrogens with one attached hydrogen (secondary N) is 1. The molecule has 0 bridgehead atoms. The van der Waals surface area contributed by atoms with Gasteiger partial charge in [0.05, 0.1) is 0 Å². The number of aryl methyl sites for hydroxylation is 2. The van der Waals surface area contributed by atoms with E-state index in [0.717, 1.165) is 23.2 Å². The van der Waals surface area contributed by atoms with Crippen molar-refractivity contribution in [3.05, 3.63) is 65.2 Å². The van der Waals surface area contributed by atoms with Crippen LogP contribution in [0.15, 0.2) is 48.5 Å². The van der Waals surface area contributed by atoms with Gasteiger partial charge >= 0.3 is 6.03 Å². The molecule has 0 radical (unpaired) electrons. The highest BCUT2D eigenvalue weighted by atomic mass is 16.2. The molecule has 0 aromatic heterocycles. The number of nitrogens with zero attached hydrogens (tertiary/aromatic N) is 1.